The molecule has 1 aromatic heterocycles. The van der Waals surface area contributed by atoms with Crippen LogP contribution in [0.2, 0.25) is 0 Å². The van der Waals surface area contributed by atoms with E-state index < -0.39 is 0 Å². The van der Waals surface area contributed by atoms with Gasteiger partial charge in [-0.2, -0.15) is 0 Å². The molecule has 0 aliphatic heterocycles. The Labute approximate surface area is 113 Å². The first-order valence-corrected chi connectivity index (χ1v) is 6.62. The maximum atomic E-state index is 3.31. The van der Waals surface area contributed by atoms with E-state index in [1.54, 1.807) is 0 Å². The van der Waals surface area contributed by atoms with Crippen LogP contribution in [-0.2, 0) is 6.42 Å². The van der Waals surface area contributed by atoms with Crippen LogP contribution in [0, 0.1) is 6.92 Å². The van der Waals surface area contributed by atoms with E-state index in [0.717, 1.165) is 6.42 Å². The van der Waals surface area contributed by atoms with Gasteiger partial charge in [0.1, 0.15) is 0 Å². The van der Waals surface area contributed by atoms with Gasteiger partial charge in [-0.05, 0) is 36.1 Å². The van der Waals surface area contributed by atoms with Crippen LogP contribution in [-0.4, -0.2) is 4.98 Å². The average Bonchev–Trinajstić information content (AvgIpc) is 2.85. The van der Waals surface area contributed by atoms with Crippen LogP contribution in [0.15, 0.2) is 60.8 Å². The van der Waals surface area contributed by atoms with Gasteiger partial charge in [-0.15, -0.1) is 0 Å². The number of H-pyrrole nitrogens is 1. The molecule has 19 heavy (non-hydrogen) atoms. The van der Waals surface area contributed by atoms with Crippen molar-refractivity contribution in [3.63, 3.8) is 0 Å². The van der Waals surface area contributed by atoms with E-state index in [1.807, 2.05) is 0 Å². The minimum Gasteiger partial charge on any atom is -0.361 e. The lowest BCUT2D eigenvalue weighted by Gasteiger charge is -1.98. The van der Waals surface area contributed by atoms with Crippen LogP contribution in [0.25, 0.3) is 17.0 Å². The number of nitrogens with one attached hydrogen (secondary N) is 1. The second kappa shape index (κ2) is 5.15. The molecule has 0 bridgehead atoms. The quantitative estimate of drug-likeness (QED) is 0.688. The number of rotatable bonds is 3. The highest BCUT2D eigenvalue weighted by atomic mass is 14.7. The monoisotopic (exact) mass is 247 g/mol. The SMILES string of the molecule is Cc1ccccc1/C=C/Cc1c[nH]c2ccccc12. The summed E-state index contributed by atoms with van der Waals surface area (Å²) < 4.78 is 0. The van der Waals surface area contributed by atoms with E-state index in [1.165, 1.54) is 27.6 Å². The topological polar surface area (TPSA) is 15.8 Å². The number of para-hydroxylation sites is 1. The number of aryl methyl sites for hydroxylation is 1. The van der Waals surface area contributed by atoms with Gasteiger partial charge in [-0.3, -0.25) is 0 Å². The zero-order valence-corrected chi connectivity index (χ0v) is 11.1. The summed E-state index contributed by atoms with van der Waals surface area (Å²) in [6.07, 6.45) is 7.50. The molecule has 0 aliphatic rings. The molecule has 0 spiro atoms. The first kappa shape index (κ1) is 11.8. The maximum absolute atomic E-state index is 3.31. The Balaban J connectivity index is 1.81. The van der Waals surface area contributed by atoms with Gasteiger partial charge in [-0.1, -0.05) is 54.6 Å². The fourth-order valence-corrected chi connectivity index (χ4v) is 2.39. The maximum Gasteiger partial charge on any atom is 0.0456 e. The highest BCUT2D eigenvalue weighted by Gasteiger charge is 2.00. The van der Waals surface area contributed by atoms with Gasteiger partial charge >= 0.3 is 0 Å². The van der Waals surface area contributed by atoms with Crippen LogP contribution in [0.1, 0.15) is 16.7 Å². The summed E-state index contributed by atoms with van der Waals surface area (Å²) >= 11 is 0. The first-order valence-electron chi connectivity index (χ1n) is 6.62. The Morgan fingerprint density at radius 1 is 1.00 bits per heavy atom. The molecule has 3 rings (SSSR count). The molecule has 0 unspecified atom stereocenters. The highest BCUT2D eigenvalue weighted by Crippen LogP contribution is 2.19. The molecule has 2 aromatic carbocycles. The third kappa shape index (κ3) is 2.45. The molecule has 94 valence electrons. The third-order valence-electron chi connectivity index (χ3n) is 3.50. The molecule has 0 saturated carbocycles. The fourth-order valence-electron chi connectivity index (χ4n) is 2.39. The highest BCUT2D eigenvalue weighted by molar-refractivity contribution is 5.83. The van der Waals surface area contributed by atoms with Gasteiger partial charge in [0, 0.05) is 17.1 Å². The molecule has 1 heterocycles. The molecule has 0 atom stereocenters. The zero-order valence-electron chi connectivity index (χ0n) is 11.1. The molecule has 0 saturated heterocycles. The van der Waals surface area contributed by atoms with E-state index in [9.17, 15) is 0 Å². The van der Waals surface area contributed by atoms with E-state index in [-0.39, 0.29) is 0 Å². The predicted octanol–water partition coefficient (Wildman–Crippen LogP) is 4.73. The Kier molecular flexibility index (Phi) is 3.20. The van der Waals surface area contributed by atoms with Gasteiger partial charge in [0.05, 0.1) is 0 Å². The molecule has 1 N–H and O–H groups in total. The lowest BCUT2D eigenvalue weighted by molar-refractivity contribution is 1.29. The van der Waals surface area contributed by atoms with Gasteiger partial charge in [-0.25, -0.2) is 0 Å². The molecule has 1 heteroatoms. The molecule has 0 radical (unpaired) electrons. The van der Waals surface area contributed by atoms with Gasteiger partial charge < -0.3 is 4.98 Å². The minimum atomic E-state index is 0.957. The Morgan fingerprint density at radius 2 is 1.79 bits per heavy atom. The largest absolute Gasteiger partial charge is 0.361 e. The van der Waals surface area contributed by atoms with Crippen molar-refractivity contribution in [1.82, 2.24) is 4.98 Å². The van der Waals surface area contributed by atoms with Crippen LogP contribution >= 0.6 is 0 Å². The summed E-state index contributed by atoms with van der Waals surface area (Å²) in [4.78, 5) is 3.31. The van der Waals surface area contributed by atoms with Crippen LogP contribution < -0.4 is 0 Å². The first-order chi connectivity index (χ1) is 9.34. The van der Waals surface area contributed by atoms with E-state index in [2.05, 4.69) is 78.8 Å². The predicted molar refractivity (Wildman–Crippen MR) is 82.2 cm³/mol. The van der Waals surface area contributed by atoms with E-state index in [0.29, 0.717) is 0 Å². The van der Waals surface area contributed by atoms with Crippen molar-refractivity contribution in [2.24, 2.45) is 0 Å². The van der Waals surface area contributed by atoms with Crippen molar-refractivity contribution < 1.29 is 0 Å². The number of benzene rings is 2. The minimum absolute atomic E-state index is 0.957. The van der Waals surface area contributed by atoms with Crippen molar-refractivity contribution in [1.29, 1.82) is 0 Å². The average molecular weight is 247 g/mol. The number of aromatic amines is 1. The summed E-state index contributed by atoms with van der Waals surface area (Å²) in [5.41, 5.74) is 5.17. The summed E-state index contributed by atoms with van der Waals surface area (Å²) in [6.45, 7) is 2.14. The number of allylic oxidation sites excluding steroid dienone is 1. The Hall–Kier alpha value is -2.28. The molecular formula is C18H17N. The van der Waals surface area contributed by atoms with Crippen LogP contribution in [0.4, 0.5) is 0 Å². The number of aromatic nitrogens is 1. The molecule has 1 nitrogen and oxygen atoms in total. The summed E-state index contributed by atoms with van der Waals surface area (Å²) in [5.74, 6) is 0. The molecule has 3 aromatic rings. The van der Waals surface area contributed by atoms with E-state index in [4.69, 9.17) is 0 Å². The second-order valence-corrected chi connectivity index (χ2v) is 4.82. The van der Waals surface area contributed by atoms with Crippen molar-refractivity contribution >= 4 is 17.0 Å². The summed E-state index contributed by atoms with van der Waals surface area (Å²) in [6, 6.07) is 16.9. The van der Waals surface area contributed by atoms with Gasteiger partial charge in [0.25, 0.3) is 0 Å². The van der Waals surface area contributed by atoms with Gasteiger partial charge in [0.2, 0.25) is 0 Å². The smallest absolute Gasteiger partial charge is 0.0456 e. The van der Waals surface area contributed by atoms with Gasteiger partial charge in [0.15, 0.2) is 0 Å². The standard InChI is InChI=1S/C18H17N/c1-14-7-2-3-8-15(14)9-6-10-16-13-19-18-12-5-4-11-17(16)18/h2-9,11-13,19H,10H2,1H3/b9-6+. The number of hydrogen-bond donors (Lipinski definition) is 1. The van der Waals surface area contributed by atoms with Crippen molar-refractivity contribution in [3.05, 3.63) is 77.5 Å². The molecule has 0 aliphatic carbocycles. The molecule has 0 amide bonds. The third-order valence-corrected chi connectivity index (χ3v) is 3.50. The summed E-state index contributed by atoms with van der Waals surface area (Å²) in [5, 5.41) is 1.32. The van der Waals surface area contributed by atoms with Crippen molar-refractivity contribution in [2.75, 3.05) is 0 Å². The molecular weight excluding hydrogens is 230 g/mol. The number of fused-ring (bicyclic) bond motifs is 1. The second-order valence-electron chi connectivity index (χ2n) is 4.82. The van der Waals surface area contributed by atoms with Crippen LogP contribution in [0.5, 0.6) is 0 Å². The fraction of sp³-hybridized carbons (Fsp3) is 0.111. The van der Waals surface area contributed by atoms with Crippen molar-refractivity contribution in [2.45, 2.75) is 13.3 Å². The zero-order chi connectivity index (χ0) is 13.1. The van der Waals surface area contributed by atoms with E-state index >= 15 is 0 Å². The van der Waals surface area contributed by atoms with Crippen LogP contribution in [0.3, 0.4) is 0 Å². The van der Waals surface area contributed by atoms with Crippen molar-refractivity contribution in [3.8, 4) is 0 Å². The lowest BCUT2D eigenvalue weighted by Crippen LogP contribution is -1.80. The Bertz CT molecular complexity index is 719. The summed E-state index contributed by atoms with van der Waals surface area (Å²) in [7, 11) is 0. The normalized spacial score (nSPS) is 11.4. The lowest BCUT2D eigenvalue weighted by atomic mass is 10.1. The molecule has 0 fully saturated rings. The Morgan fingerprint density at radius 3 is 2.68 bits per heavy atom. The number of hydrogen-bond acceptors (Lipinski definition) is 0.